The third-order valence-electron chi connectivity index (χ3n) is 3.51. The lowest BCUT2D eigenvalue weighted by molar-refractivity contribution is 0.102. The molecule has 5 nitrogen and oxygen atoms in total. The van der Waals surface area contributed by atoms with Crippen molar-refractivity contribution >= 4 is 5.84 Å². The predicted octanol–water partition coefficient (Wildman–Crippen LogP) is 1.64. The van der Waals surface area contributed by atoms with Crippen LogP contribution in [0.4, 0.5) is 0 Å². The fourth-order valence-electron chi connectivity index (χ4n) is 2.09. The van der Waals surface area contributed by atoms with Crippen molar-refractivity contribution in [1.29, 1.82) is 0 Å². The third kappa shape index (κ3) is 4.51. The molecule has 0 radical (unpaired) electrons. The van der Waals surface area contributed by atoms with Crippen LogP contribution in [0.5, 0.6) is 0 Å². The molecule has 0 unspecified atom stereocenters. The van der Waals surface area contributed by atoms with E-state index in [1.807, 2.05) is 31.3 Å². The smallest absolute Gasteiger partial charge is 0.170 e. The molecule has 0 amide bonds. The number of nitrogens with two attached hydrogens (primary N) is 1. The quantitative estimate of drug-likeness (QED) is 0.249. The first kappa shape index (κ1) is 14.8. The maximum atomic E-state index is 8.81. The van der Waals surface area contributed by atoms with Crippen molar-refractivity contribution in [3.05, 3.63) is 35.4 Å². The fraction of sp³-hybridized carbons (Fsp3) is 0.533. The molecule has 2 rings (SSSR count). The average Bonchev–Trinajstić information content (AvgIpc) is 3.27. The minimum atomic E-state index is 0.152. The van der Waals surface area contributed by atoms with Gasteiger partial charge in [0.15, 0.2) is 5.84 Å². The van der Waals surface area contributed by atoms with Crippen LogP contribution in [0.15, 0.2) is 29.4 Å². The molecule has 1 aromatic rings. The zero-order valence-corrected chi connectivity index (χ0v) is 12.0. The maximum Gasteiger partial charge on any atom is 0.170 e. The molecule has 0 aliphatic heterocycles. The molecule has 1 aromatic carbocycles. The lowest BCUT2D eigenvalue weighted by Gasteiger charge is -2.18. The number of amidine groups is 1. The van der Waals surface area contributed by atoms with Gasteiger partial charge < -0.3 is 15.7 Å². The van der Waals surface area contributed by atoms with Gasteiger partial charge in [-0.15, -0.1) is 0 Å². The molecule has 1 aliphatic carbocycles. The number of ether oxygens (including phenoxy) is 1. The Morgan fingerprint density at radius 3 is 2.90 bits per heavy atom. The van der Waals surface area contributed by atoms with E-state index in [-0.39, 0.29) is 5.84 Å². The Balaban J connectivity index is 1.81. The molecule has 110 valence electrons. The normalized spacial score (nSPS) is 15.8. The minimum absolute atomic E-state index is 0.152. The van der Waals surface area contributed by atoms with Crippen molar-refractivity contribution in [1.82, 2.24) is 4.90 Å². The van der Waals surface area contributed by atoms with Gasteiger partial charge in [0.2, 0.25) is 0 Å². The number of hydrogen-bond donors (Lipinski definition) is 2. The highest BCUT2D eigenvalue weighted by molar-refractivity contribution is 5.98. The molecule has 1 fully saturated rings. The summed E-state index contributed by atoms with van der Waals surface area (Å²) in [7, 11) is 2.05. The number of oxime groups is 1. The molecule has 5 heteroatoms. The highest BCUT2D eigenvalue weighted by Gasteiger charge is 2.21. The van der Waals surface area contributed by atoms with E-state index in [1.54, 1.807) is 0 Å². The van der Waals surface area contributed by atoms with E-state index in [2.05, 4.69) is 10.1 Å². The van der Waals surface area contributed by atoms with Crippen LogP contribution in [0.25, 0.3) is 0 Å². The van der Waals surface area contributed by atoms with E-state index < -0.39 is 0 Å². The average molecular weight is 277 g/mol. The summed E-state index contributed by atoms with van der Waals surface area (Å²) in [6.07, 6.45) is 2.64. The number of nitrogens with zero attached hydrogens (tertiary/aromatic N) is 2. The lowest BCUT2D eigenvalue weighted by atomic mass is 10.1. The molecule has 0 aromatic heterocycles. The topological polar surface area (TPSA) is 71.1 Å². The maximum absolute atomic E-state index is 8.81. The van der Waals surface area contributed by atoms with Crippen LogP contribution in [-0.4, -0.2) is 42.7 Å². The van der Waals surface area contributed by atoms with E-state index >= 15 is 0 Å². The van der Waals surface area contributed by atoms with Crippen molar-refractivity contribution in [3.63, 3.8) is 0 Å². The third-order valence-corrected chi connectivity index (χ3v) is 3.51. The summed E-state index contributed by atoms with van der Waals surface area (Å²) in [4.78, 5) is 2.18. The minimum Gasteiger partial charge on any atom is -0.409 e. The molecule has 0 atom stereocenters. The first-order chi connectivity index (χ1) is 9.70. The molecule has 1 saturated carbocycles. The zero-order chi connectivity index (χ0) is 14.4. The molecule has 3 N–H and O–H groups in total. The van der Waals surface area contributed by atoms with Gasteiger partial charge in [-0.25, -0.2) is 0 Å². The molecule has 0 spiro atoms. The van der Waals surface area contributed by atoms with Gasteiger partial charge in [-0.2, -0.15) is 0 Å². The van der Waals surface area contributed by atoms with E-state index in [1.165, 1.54) is 12.8 Å². The number of hydrogen-bond acceptors (Lipinski definition) is 4. The number of likely N-dealkylation sites (N-methyl/N-ethyl adjacent to an activating group) is 1. The van der Waals surface area contributed by atoms with Crippen molar-refractivity contribution in [2.45, 2.75) is 19.4 Å². The zero-order valence-electron chi connectivity index (χ0n) is 12.0. The number of rotatable bonds is 8. The van der Waals surface area contributed by atoms with Gasteiger partial charge in [-0.1, -0.05) is 29.4 Å². The number of benzene rings is 1. The van der Waals surface area contributed by atoms with Gasteiger partial charge in [0.25, 0.3) is 0 Å². The highest BCUT2D eigenvalue weighted by atomic mass is 16.5. The van der Waals surface area contributed by atoms with Crippen LogP contribution in [0, 0.1) is 5.92 Å². The monoisotopic (exact) mass is 277 g/mol. The molecular weight excluding hydrogens is 254 g/mol. The van der Waals surface area contributed by atoms with Crippen molar-refractivity contribution < 1.29 is 9.94 Å². The Kier molecular flexibility index (Phi) is 5.38. The molecule has 1 aliphatic rings. The summed E-state index contributed by atoms with van der Waals surface area (Å²) < 4.78 is 5.63. The first-order valence-electron chi connectivity index (χ1n) is 7.02. The Morgan fingerprint density at radius 1 is 1.45 bits per heavy atom. The van der Waals surface area contributed by atoms with Crippen molar-refractivity contribution in [2.24, 2.45) is 16.8 Å². The Labute approximate surface area is 120 Å². The molecule has 0 saturated heterocycles. The van der Waals surface area contributed by atoms with Crippen LogP contribution in [0.3, 0.4) is 0 Å². The lowest BCUT2D eigenvalue weighted by Crippen LogP contribution is -2.25. The summed E-state index contributed by atoms with van der Waals surface area (Å²) in [6, 6.07) is 7.70. The predicted molar refractivity (Wildman–Crippen MR) is 78.8 cm³/mol. The van der Waals surface area contributed by atoms with Crippen LogP contribution < -0.4 is 5.73 Å². The summed E-state index contributed by atoms with van der Waals surface area (Å²) in [5.74, 6) is 0.959. The molecule has 0 heterocycles. The molecule has 0 bridgehead atoms. The summed E-state index contributed by atoms with van der Waals surface area (Å²) in [5.41, 5.74) is 7.52. The van der Waals surface area contributed by atoms with Gasteiger partial charge in [-0.3, -0.25) is 4.90 Å². The van der Waals surface area contributed by atoms with Crippen LogP contribution in [0.1, 0.15) is 24.0 Å². The van der Waals surface area contributed by atoms with Gasteiger partial charge in [0.05, 0.1) is 6.61 Å². The van der Waals surface area contributed by atoms with Gasteiger partial charge in [0.1, 0.15) is 0 Å². The molecule has 20 heavy (non-hydrogen) atoms. The van der Waals surface area contributed by atoms with Crippen LogP contribution in [-0.2, 0) is 11.3 Å². The summed E-state index contributed by atoms with van der Waals surface area (Å²) >= 11 is 0. The highest BCUT2D eigenvalue weighted by Crippen LogP contribution is 2.28. The standard InChI is InChI=1S/C15H23N3O2/c1-18(8-9-20-11-12-6-7-12)10-13-4-2-3-5-14(13)15(16)17-19/h2-5,12,19H,6-11H2,1H3,(H2,16,17). The summed E-state index contributed by atoms with van der Waals surface area (Å²) in [5, 5.41) is 11.9. The van der Waals surface area contributed by atoms with Crippen LogP contribution in [0.2, 0.25) is 0 Å². The second-order valence-corrected chi connectivity index (χ2v) is 5.40. The van der Waals surface area contributed by atoms with Gasteiger partial charge in [0, 0.05) is 25.3 Å². The Hall–Kier alpha value is -1.59. The Bertz CT molecular complexity index is 458. The van der Waals surface area contributed by atoms with E-state index in [9.17, 15) is 0 Å². The van der Waals surface area contributed by atoms with Crippen LogP contribution >= 0.6 is 0 Å². The largest absolute Gasteiger partial charge is 0.409 e. The van der Waals surface area contributed by atoms with Gasteiger partial charge in [-0.05, 0) is 31.4 Å². The molecular formula is C15H23N3O2. The second kappa shape index (κ2) is 7.26. The first-order valence-corrected chi connectivity index (χ1v) is 7.02. The fourth-order valence-corrected chi connectivity index (χ4v) is 2.09. The van der Waals surface area contributed by atoms with E-state index in [0.717, 1.165) is 43.3 Å². The summed E-state index contributed by atoms with van der Waals surface area (Å²) in [6.45, 7) is 3.27. The van der Waals surface area contributed by atoms with E-state index in [4.69, 9.17) is 15.7 Å². The van der Waals surface area contributed by atoms with Crippen molar-refractivity contribution in [2.75, 3.05) is 26.8 Å². The second-order valence-electron chi connectivity index (χ2n) is 5.40. The van der Waals surface area contributed by atoms with Gasteiger partial charge >= 0.3 is 0 Å². The van der Waals surface area contributed by atoms with Crippen molar-refractivity contribution in [3.8, 4) is 0 Å². The van der Waals surface area contributed by atoms with E-state index in [0.29, 0.717) is 0 Å². The Morgan fingerprint density at radius 2 is 2.20 bits per heavy atom. The SMILES string of the molecule is CN(CCOCC1CC1)Cc1ccccc1/C(N)=N/O.